The van der Waals surface area contributed by atoms with Gasteiger partial charge in [-0.15, -0.1) is 0 Å². The van der Waals surface area contributed by atoms with Gasteiger partial charge in [0.2, 0.25) is 0 Å². The standard InChI is InChI=1S/C37H21N3O/c38-22-23-9-1-5-13-30(23)40-31-14-6-2-10-25(31)29-21-24(17-19-33(29)40)39-32-15-7-3-12-28(32)36-34(39)20-18-27-26-11-4-8-16-35(26)41-37(27)36/h1-21H. The Balaban J connectivity index is 1.39. The van der Waals surface area contributed by atoms with Gasteiger partial charge in [-0.3, -0.25) is 0 Å². The summed E-state index contributed by atoms with van der Waals surface area (Å²) in [6.07, 6.45) is 0. The lowest BCUT2D eigenvalue weighted by Gasteiger charge is -2.11. The van der Waals surface area contributed by atoms with E-state index >= 15 is 0 Å². The number of benzene rings is 6. The van der Waals surface area contributed by atoms with E-state index in [1.54, 1.807) is 0 Å². The van der Waals surface area contributed by atoms with Crippen molar-refractivity contribution in [1.82, 2.24) is 9.13 Å². The first kappa shape index (κ1) is 22.1. The summed E-state index contributed by atoms with van der Waals surface area (Å²) in [5.74, 6) is 0. The van der Waals surface area contributed by atoms with Crippen molar-refractivity contribution in [3.8, 4) is 17.4 Å². The van der Waals surface area contributed by atoms with Gasteiger partial charge in [0.15, 0.2) is 0 Å². The van der Waals surface area contributed by atoms with E-state index in [0.29, 0.717) is 5.56 Å². The molecular weight excluding hydrogens is 502 g/mol. The van der Waals surface area contributed by atoms with Crippen molar-refractivity contribution in [2.45, 2.75) is 0 Å². The Bertz CT molecular complexity index is 2550. The summed E-state index contributed by atoms with van der Waals surface area (Å²) in [7, 11) is 0. The molecule has 0 saturated carbocycles. The SMILES string of the molecule is N#Cc1ccccc1-n1c2ccccc2c2cc(-n3c4ccccc4c4c5oc6ccccc6c5ccc43)ccc21. The van der Waals surface area contributed by atoms with Crippen molar-refractivity contribution in [3.05, 3.63) is 133 Å². The molecule has 0 aliphatic carbocycles. The summed E-state index contributed by atoms with van der Waals surface area (Å²) in [5.41, 5.74) is 8.82. The quantitative estimate of drug-likeness (QED) is 0.226. The Hall–Kier alpha value is -5.79. The minimum atomic E-state index is 0.650. The number of furan rings is 1. The second kappa shape index (κ2) is 8.11. The van der Waals surface area contributed by atoms with Crippen molar-refractivity contribution < 1.29 is 4.42 Å². The molecule has 0 fully saturated rings. The van der Waals surface area contributed by atoms with Gasteiger partial charge in [-0.2, -0.15) is 5.26 Å². The molecule has 0 radical (unpaired) electrons. The maximum atomic E-state index is 9.88. The average Bonchev–Trinajstić information content (AvgIpc) is 3.68. The van der Waals surface area contributed by atoms with E-state index in [4.69, 9.17) is 4.42 Å². The molecule has 41 heavy (non-hydrogen) atoms. The summed E-state index contributed by atoms with van der Waals surface area (Å²) >= 11 is 0. The largest absolute Gasteiger partial charge is 0.455 e. The van der Waals surface area contributed by atoms with Crippen LogP contribution in [0.5, 0.6) is 0 Å². The second-order valence-corrected chi connectivity index (χ2v) is 10.5. The fourth-order valence-corrected chi connectivity index (χ4v) is 6.64. The fraction of sp³-hybridized carbons (Fsp3) is 0. The maximum absolute atomic E-state index is 9.88. The molecule has 0 N–H and O–H groups in total. The molecule has 0 unspecified atom stereocenters. The molecule has 0 atom stereocenters. The minimum Gasteiger partial charge on any atom is -0.455 e. The zero-order chi connectivity index (χ0) is 27.1. The van der Waals surface area contributed by atoms with Crippen LogP contribution in [0.1, 0.15) is 5.56 Å². The number of para-hydroxylation sites is 4. The molecule has 0 bridgehead atoms. The smallest absolute Gasteiger partial charge is 0.145 e. The summed E-state index contributed by atoms with van der Waals surface area (Å²) in [6.45, 7) is 0. The highest BCUT2D eigenvalue weighted by Gasteiger charge is 2.20. The maximum Gasteiger partial charge on any atom is 0.145 e. The number of nitriles is 1. The van der Waals surface area contributed by atoms with Gasteiger partial charge >= 0.3 is 0 Å². The molecule has 3 heterocycles. The van der Waals surface area contributed by atoms with Crippen molar-refractivity contribution >= 4 is 65.6 Å². The predicted molar refractivity (Wildman–Crippen MR) is 167 cm³/mol. The lowest BCUT2D eigenvalue weighted by molar-refractivity contribution is 0.673. The van der Waals surface area contributed by atoms with Crippen LogP contribution in [-0.2, 0) is 0 Å². The molecule has 0 amide bonds. The van der Waals surface area contributed by atoms with Crippen LogP contribution in [0.2, 0.25) is 0 Å². The summed E-state index contributed by atoms with van der Waals surface area (Å²) in [6, 6.07) is 46.4. The van der Waals surface area contributed by atoms with E-state index in [1.165, 1.54) is 0 Å². The van der Waals surface area contributed by atoms with Crippen molar-refractivity contribution in [1.29, 1.82) is 5.26 Å². The third kappa shape index (κ3) is 2.92. The van der Waals surface area contributed by atoms with Gasteiger partial charge in [0.25, 0.3) is 0 Å². The summed E-state index contributed by atoms with van der Waals surface area (Å²) in [5, 5.41) is 16.7. The van der Waals surface area contributed by atoms with Crippen molar-refractivity contribution in [3.63, 3.8) is 0 Å². The van der Waals surface area contributed by atoms with E-state index in [9.17, 15) is 5.26 Å². The molecule has 0 spiro atoms. The zero-order valence-corrected chi connectivity index (χ0v) is 21.9. The first-order valence-corrected chi connectivity index (χ1v) is 13.7. The van der Waals surface area contributed by atoms with Gasteiger partial charge in [-0.25, -0.2) is 0 Å². The molecule has 0 saturated heterocycles. The zero-order valence-electron chi connectivity index (χ0n) is 21.9. The average molecular weight is 524 g/mol. The van der Waals surface area contributed by atoms with E-state index in [-0.39, 0.29) is 0 Å². The van der Waals surface area contributed by atoms with Crippen LogP contribution < -0.4 is 0 Å². The van der Waals surface area contributed by atoms with Crippen LogP contribution in [-0.4, -0.2) is 9.13 Å². The van der Waals surface area contributed by atoms with Crippen LogP contribution in [0.4, 0.5) is 0 Å². The number of aromatic nitrogens is 2. The Labute approximate surface area is 234 Å². The Morgan fingerprint density at radius 3 is 2.02 bits per heavy atom. The first-order chi connectivity index (χ1) is 20.3. The van der Waals surface area contributed by atoms with E-state index < -0.39 is 0 Å². The number of rotatable bonds is 2. The number of hydrogen-bond donors (Lipinski definition) is 0. The van der Waals surface area contributed by atoms with Crippen molar-refractivity contribution in [2.24, 2.45) is 0 Å². The highest BCUT2D eigenvalue weighted by molar-refractivity contribution is 6.24. The van der Waals surface area contributed by atoms with Gasteiger partial charge in [-0.1, -0.05) is 66.7 Å². The highest BCUT2D eigenvalue weighted by Crippen LogP contribution is 2.41. The van der Waals surface area contributed by atoms with Crippen LogP contribution >= 0.6 is 0 Å². The Morgan fingerprint density at radius 2 is 1.17 bits per heavy atom. The molecule has 6 aromatic carbocycles. The molecule has 9 rings (SSSR count). The van der Waals surface area contributed by atoms with Gasteiger partial charge in [0.1, 0.15) is 17.2 Å². The van der Waals surface area contributed by atoms with Crippen molar-refractivity contribution in [2.75, 3.05) is 0 Å². The second-order valence-electron chi connectivity index (χ2n) is 10.5. The van der Waals surface area contributed by atoms with Crippen LogP contribution in [0.25, 0.3) is 76.9 Å². The summed E-state index contributed by atoms with van der Waals surface area (Å²) < 4.78 is 11.0. The normalized spacial score (nSPS) is 11.9. The first-order valence-electron chi connectivity index (χ1n) is 13.7. The third-order valence-electron chi connectivity index (χ3n) is 8.36. The molecular formula is C37H21N3O. The van der Waals surface area contributed by atoms with Crippen LogP contribution in [0.3, 0.4) is 0 Å². The van der Waals surface area contributed by atoms with Crippen LogP contribution in [0, 0.1) is 11.3 Å². The fourth-order valence-electron chi connectivity index (χ4n) is 6.64. The predicted octanol–water partition coefficient (Wildman–Crippen LogP) is 9.65. The lowest BCUT2D eigenvalue weighted by atomic mass is 10.1. The molecule has 9 aromatic rings. The van der Waals surface area contributed by atoms with Gasteiger partial charge in [-0.05, 0) is 60.7 Å². The van der Waals surface area contributed by atoms with E-state index in [2.05, 4.69) is 106 Å². The minimum absolute atomic E-state index is 0.650. The molecule has 190 valence electrons. The Morgan fingerprint density at radius 1 is 0.512 bits per heavy atom. The number of nitrogens with zero attached hydrogens (tertiary/aromatic N) is 3. The Kier molecular flexibility index (Phi) is 4.37. The molecule has 4 heteroatoms. The number of hydrogen-bond acceptors (Lipinski definition) is 2. The van der Waals surface area contributed by atoms with E-state index in [1.807, 2.05) is 36.4 Å². The highest BCUT2D eigenvalue weighted by atomic mass is 16.3. The van der Waals surface area contributed by atoms with Gasteiger partial charge in [0.05, 0.1) is 38.7 Å². The number of fused-ring (bicyclic) bond motifs is 10. The summed E-state index contributed by atoms with van der Waals surface area (Å²) in [4.78, 5) is 0. The molecule has 4 nitrogen and oxygen atoms in total. The van der Waals surface area contributed by atoms with Gasteiger partial charge < -0.3 is 13.6 Å². The topological polar surface area (TPSA) is 46.8 Å². The molecule has 3 aromatic heterocycles. The molecule has 0 aliphatic heterocycles. The third-order valence-corrected chi connectivity index (χ3v) is 8.36. The monoisotopic (exact) mass is 523 g/mol. The molecule has 0 aliphatic rings. The lowest BCUT2D eigenvalue weighted by Crippen LogP contribution is -1.98. The van der Waals surface area contributed by atoms with E-state index in [0.717, 1.165) is 76.9 Å². The van der Waals surface area contributed by atoms with Gasteiger partial charge in [0, 0.05) is 32.6 Å². The van der Waals surface area contributed by atoms with Crippen LogP contribution in [0.15, 0.2) is 132 Å².